The van der Waals surface area contributed by atoms with E-state index in [1.165, 1.54) is 6.07 Å². The lowest BCUT2D eigenvalue weighted by molar-refractivity contribution is -0.121. The number of nitrogens with zero attached hydrogens (tertiary/aromatic N) is 4. The number of rotatable bonds is 7. The number of nitrogens with one attached hydrogen (secondary N) is 1. The Morgan fingerprint density at radius 2 is 2.00 bits per heavy atom. The molecule has 1 aromatic heterocycles. The van der Waals surface area contributed by atoms with Crippen molar-refractivity contribution < 1.29 is 23.0 Å². The van der Waals surface area contributed by atoms with Gasteiger partial charge in [0, 0.05) is 31.2 Å². The summed E-state index contributed by atoms with van der Waals surface area (Å²) in [5.74, 6) is -1.49. The Bertz CT molecular complexity index is 1030. The molecule has 0 bridgehead atoms. The van der Waals surface area contributed by atoms with Crippen molar-refractivity contribution in [1.29, 1.82) is 0 Å². The highest BCUT2D eigenvalue weighted by molar-refractivity contribution is 5.91. The molecule has 10 heteroatoms. The van der Waals surface area contributed by atoms with Crippen molar-refractivity contribution in [1.82, 2.24) is 14.9 Å². The van der Waals surface area contributed by atoms with Gasteiger partial charge in [0.2, 0.25) is 11.9 Å². The molecular formula is C24H31F2N5O3. The van der Waals surface area contributed by atoms with Gasteiger partial charge < -0.3 is 19.3 Å². The van der Waals surface area contributed by atoms with Gasteiger partial charge in [-0.1, -0.05) is 0 Å². The molecule has 2 aliphatic rings. The number of ether oxygens (including phenoxy) is 2. The molecule has 1 N–H and O–H groups in total. The van der Waals surface area contributed by atoms with Crippen LogP contribution in [-0.4, -0.2) is 73.3 Å². The fourth-order valence-corrected chi connectivity index (χ4v) is 4.46. The van der Waals surface area contributed by atoms with Crippen molar-refractivity contribution in [2.45, 2.75) is 32.7 Å². The number of anilines is 2. The molecule has 184 valence electrons. The topological polar surface area (TPSA) is 79.8 Å². The molecule has 1 aromatic carbocycles. The van der Waals surface area contributed by atoms with E-state index in [0.29, 0.717) is 38.3 Å². The molecule has 0 unspecified atom stereocenters. The molecule has 1 fully saturated rings. The van der Waals surface area contributed by atoms with Crippen LogP contribution in [0.25, 0.3) is 11.3 Å². The number of benzene rings is 1. The van der Waals surface area contributed by atoms with Crippen molar-refractivity contribution in [2.75, 3.05) is 56.7 Å². The van der Waals surface area contributed by atoms with E-state index in [-0.39, 0.29) is 40.8 Å². The zero-order chi connectivity index (χ0) is 24.2. The zero-order valence-corrected chi connectivity index (χ0v) is 19.8. The molecule has 8 nitrogen and oxygen atoms in total. The SMILES string of the molecule is COCCN1CCC(C(=O)Nc2ncc(F)c(-c3cc(F)c4c(c3)N(C(C)C)CCO4)n2)CC1. The molecule has 0 aliphatic carbocycles. The van der Waals surface area contributed by atoms with Gasteiger partial charge in [-0.15, -0.1) is 0 Å². The number of methoxy groups -OCH3 is 1. The van der Waals surface area contributed by atoms with Gasteiger partial charge in [0.05, 0.1) is 25.0 Å². The summed E-state index contributed by atoms with van der Waals surface area (Å²) in [4.78, 5) is 25.2. The number of carbonyl (C=O) groups is 1. The standard InChI is InChI=1S/C24H31F2N5O3/c1-15(2)31-9-11-34-22-18(25)12-17(13-20(22)31)21-19(26)14-27-24(28-21)29-23(32)16-4-6-30(7-5-16)8-10-33-3/h12-16H,4-11H2,1-3H3,(H,27,28,29,32). The van der Waals surface area contributed by atoms with Crippen LogP contribution in [0.2, 0.25) is 0 Å². The van der Waals surface area contributed by atoms with Gasteiger partial charge in [-0.05, 0) is 51.9 Å². The summed E-state index contributed by atoms with van der Waals surface area (Å²) < 4.78 is 40.2. The van der Waals surface area contributed by atoms with Crippen molar-refractivity contribution in [2.24, 2.45) is 5.92 Å². The molecule has 1 saturated heterocycles. The van der Waals surface area contributed by atoms with Gasteiger partial charge in [-0.3, -0.25) is 10.1 Å². The first kappa shape index (κ1) is 24.3. The summed E-state index contributed by atoms with van der Waals surface area (Å²) in [5.41, 5.74) is 0.741. The highest BCUT2D eigenvalue weighted by Gasteiger charge is 2.27. The van der Waals surface area contributed by atoms with Crippen LogP contribution in [0.1, 0.15) is 26.7 Å². The maximum atomic E-state index is 14.8. The molecule has 0 saturated carbocycles. The Hall–Kier alpha value is -2.85. The fraction of sp³-hybridized carbons (Fsp3) is 0.542. The Kier molecular flexibility index (Phi) is 7.57. The first-order chi connectivity index (χ1) is 16.4. The minimum Gasteiger partial charge on any atom is -0.486 e. The fourth-order valence-electron chi connectivity index (χ4n) is 4.46. The average Bonchev–Trinajstić information content (AvgIpc) is 2.83. The van der Waals surface area contributed by atoms with Crippen LogP contribution in [0.15, 0.2) is 18.3 Å². The smallest absolute Gasteiger partial charge is 0.230 e. The Morgan fingerprint density at radius 1 is 1.24 bits per heavy atom. The number of amides is 1. The van der Waals surface area contributed by atoms with E-state index in [2.05, 4.69) is 20.2 Å². The first-order valence-electron chi connectivity index (χ1n) is 11.7. The monoisotopic (exact) mass is 475 g/mol. The highest BCUT2D eigenvalue weighted by atomic mass is 19.1. The van der Waals surface area contributed by atoms with Crippen molar-refractivity contribution in [3.05, 3.63) is 30.0 Å². The van der Waals surface area contributed by atoms with Crippen molar-refractivity contribution in [3.8, 4) is 17.0 Å². The second-order valence-corrected chi connectivity index (χ2v) is 8.93. The van der Waals surface area contributed by atoms with Gasteiger partial charge in [0.1, 0.15) is 12.3 Å². The second-order valence-electron chi connectivity index (χ2n) is 8.93. The highest BCUT2D eigenvalue weighted by Crippen LogP contribution is 2.39. The van der Waals surface area contributed by atoms with Gasteiger partial charge in [-0.2, -0.15) is 0 Å². The Labute approximate surface area is 198 Å². The van der Waals surface area contributed by atoms with Crippen molar-refractivity contribution >= 4 is 17.5 Å². The van der Waals surface area contributed by atoms with E-state index >= 15 is 0 Å². The maximum Gasteiger partial charge on any atom is 0.230 e. The third-order valence-corrected chi connectivity index (χ3v) is 6.36. The average molecular weight is 476 g/mol. The van der Waals surface area contributed by atoms with Crippen LogP contribution in [0, 0.1) is 17.6 Å². The number of halogens is 2. The summed E-state index contributed by atoms with van der Waals surface area (Å²) >= 11 is 0. The minimum atomic E-state index is -0.698. The summed E-state index contributed by atoms with van der Waals surface area (Å²) in [6.07, 6.45) is 2.43. The summed E-state index contributed by atoms with van der Waals surface area (Å²) in [6.45, 7) is 8.09. The lowest BCUT2D eigenvalue weighted by Gasteiger charge is -2.34. The van der Waals surface area contributed by atoms with Crippen LogP contribution in [0.5, 0.6) is 5.75 Å². The molecular weight excluding hydrogens is 444 g/mol. The van der Waals surface area contributed by atoms with E-state index in [0.717, 1.165) is 25.8 Å². The largest absolute Gasteiger partial charge is 0.486 e. The number of hydrogen-bond acceptors (Lipinski definition) is 7. The maximum absolute atomic E-state index is 14.8. The predicted octanol–water partition coefficient (Wildman–Crippen LogP) is 3.33. The summed E-state index contributed by atoms with van der Waals surface area (Å²) in [5, 5.41) is 2.71. The van der Waals surface area contributed by atoms with Gasteiger partial charge in [0.15, 0.2) is 17.4 Å². The lowest BCUT2D eigenvalue weighted by atomic mass is 9.96. The number of aromatic nitrogens is 2. The normalized spacial score (nSPS) is 16.9. The predicted molar refractivity (Wildman–Crippen MR) is 125 cm³/mol. The van der Waals surface area contributed by atoms with Gasteiger partial charge >= 0.3 is 0 Å². The third kappa shape index (κ3) is 5.28. The Morgan fingerprint density at radius 3 is 2.71 bits per heavy atom. The van der Waals surface area contributed by atoms with E-state index in [9.17, 15) is 13.6 Å². The molecule has 2 aromatic rings. The second kappa shape index (κ2) is 10.6. The van der Waals surface area contributed by atoms with Gasteiger partial charge in [0.25, 0.3) is 0 Å². The molecule has 2 aliphatic heterocycles. The molecule has 34 heavy (non-hydrogen) atoms. The van der Waals surface area contributed by atoms with E-state index < -0.39 is 11.6 Å². The summed E-state index contributed by atoms with van der Waals surface area (Å²) in [7, 11) is 1.67. The number of fused-ring (bicyclic) bond motifs is 1. The molecule has 1 amide bonds. The van der Waals surface area contributed by atoms with Crippen LogP contribution >= 0.6 is 0 Å². The van der Waals surface area contributed by atoms with Crippen LogP contribution in [-0.2, 0) is 9.53 Å². The number of likely N-dealkylation sites (tertiary alicyclic amines) is 1. The minimum absolute atomic E-state index is 0.00157. The molecule has 0 atom stereocenters. The molecule has 4 rings (SSSR count). The van der Waals surface area contributed by atoms with Crippen LogP contribution < -0.4 is 15.0 Å². The van der Waals surface area contributed by atoms with E-state index in [1.807, 2.05) is 18.7 Å². The zero-order valence-electron chi connectivity index (χ0n) is 19.8. The van der Waals surface area contributed by atoms with Crippen molar-refractivity contribution in [3.63, 3.8) is 0 Å². The van der Waals surface area contributed by atoms with E-state index in [1.54, 1.807) is 13.2 Å². The number of hydrogen-bond donors (Lipinski definition) is 1. The number of piperidine rings is 1. The number of carbonyl (C=O) groups excluding carboxylic acids is 1. The van der Waals surface area contributed by atoms with Crippen LogP contribution in [0.4, 0.5) is 20.4 Å². The van der Waals surface area contributed by atoms with E-state index in [4.69, 9.17) is 9.47 Å². The molecule has 0 spiro atoms. The summed E-state index contributed by atoms with van der Waals surface area (Å²) in [6, 6.07) is 2.99. The Balaban J connectivity index is 1.52. The van der Waals surface area contributed by atoms with Crippen LogP contribution in [0.3, 0.4) is 0 Å². The quantitative estimate of drug-likeness (QED) is 0.658. The first-order valence-corrected chi connectivity index (χ1v) is 11.7. The molecule has 3 heterocycles. The van der Waals surface area contributed by atoms with Gasteiger partial charge in [-0.25, -0.2) is 18.7 Å². The molecule has 0 radical (unpaired) electrons. The lowest BCUT2D eigenvalue weighted by Crippen LogP contribution is -2.39. The third-order valence-electron chi connectivity index (χ3n) is 6.36.